The predicted octanol–water partition coefficient (Wildman–Crippen LogP) is 5.42. The summed E-state index contributed by atoms with van der Waals surface area (Å²) < 4.78 is 19.7. The number of ether oxygens (including phenoxy) is 1. The van der Waals surface area contributed by atoms with Gasteiger partial charge in [-0.05, 0) is 60.2 Å². The van der Waals surface area contributed by atoms with Gasteiger partial charge in [-0.2, -0.15) is 0 Å². The summed E-state index contributed by atoms with van der Waals surface area (Å²) in [5.41, 5.74) is 2.45. The van der Waals surface area contributed by atoms with Crippen LogP contribution in [0.2, 0.25) is 0 Å². The van der Waals surface area contributed by atoms with E-state index in [1.54, 1.807) is 18.2 Å². The molecule has 1 fully saturated rings. The van der Waals surface area contributed by atoms with Crippen LogP contribution in [-0.2, 0) is 11.3 Å². The van der Waals surface area contributed by atoms with E-state index >= 15 is 0 Å². The Morgan fingerprint density at radius 2 is 1.94 bits per heavy atom. The van der Waals surface area contributed by atoms with Gasteiger partial charge < -0.3 is 25.2 Å². The van der Waals surface area contributed by atoms with E-state index in [4.69, 9.17) is 4.74 Å². The van der Waals surface area contributed by atoms with Gasteiger partial charge in [0.1, 0.15) is 5.82 Å². The highest BCUT2D eigenvalue weighted by atomic mass is 32.1. The third-order valence-electron chi connectivity index (χ3n) is 5.77. The molecule has 184 valence electrons. The van der Waals surface area contributed by atoms with Crippen molar-refractivity contribution in [3.05, 3.63) is 76.2 Å². The Labute approximate surface area is 208 Å². The molecule has 2 aromatic carbocycles. The molecule has 1 aromatic heterocycles. The topological polar surface area (TPSA) is 73.9 Å². The first-order chi connectivity index (χ1) is 16.9. The van der Waals surface area contributed by atoms with Crippen LogP contribution in [0, 0.1) is 5.82 Å². The lowest BCUT2D eigenvalue weighted by molar-refractivity contribution is 0.0511. The summed E-state index contributed by atoms with van der Waals surface area (Å²) >= 11 is 1.41. The lowest BCUT2D eigenvalue weighted by Crippen LogP contribution is -2.37. The van der Waals surface area contributed by atoms with Crippen LogP contribution in [0.4, 0.5) is 26.2 Å². The number of benzene rings is 2. The minimum Gasteiger partial charge on any atom is -0.377 e. The summed E-state index contributed by atoms with van der Waals surface area (Å²) in [4.78, 5) is 30.3. The fourth-order valence-electron chi connectivity index (χ4n) is 4.09. The number of halogens is 1. The molecule has 3 amide bonds. The van der Waals surface area contributed by atoms with Crippen LogP contribution in [0.1, 0.15) is 28.1 Å². The smallest absolute Gasteiger partial charge is 0.323 e. The molecule has 3 aromatic rings. The Morgan fingerprint density at radius 1 is 1.11 bits per heavy atom. The van der Waals surface area contributed by atoms with Crippen LogP contribution in [0.25, 0.3) is 0 Å². The van der Waals surface area contributed by atoms with Gasteiger partial charge >= 0.3 is 6.03 Å². The number of anilines is 3. The average Bonchev–Trinajstić information content (AvgIpc) is 3.54. The van der Waals surface area contributed by atoms with Gasteiger partial charge in [0.2, 0.25) is 0 Å². The number of hydrogen-bond acceptors (Lipinski definition) is 5. The van der Waals surface area contributed by atoms with Crippen molar-refractivity contribution in [2.45, 2.75) is 25.5 Å². The zero-order chi connectivity index (χ0) is 24.8. The maximum absolute atomic E-state index is 13.9. The third-order valence-corrected chi connectivity index (χ3v) is 6.63. The van der Waals surface area contributed by atoms with Crippen LogP contribution in [0.3, 0.4) is 0 Å². The van der Waals surface area contributed by atoms with E-state index < -0.39 is 11.8 Å². The highest BCUT2D eigenvalue weighted by Crippen LogP contribution is 2.27. The summed E-state index contributed by atoms with van der Waals surface area (Å²) in [6.07, 6.45) is 1.92. The van der Waals surface area contributed by atoms with Crippen molar-refractivity contribution in [3.63, 3.8) is 0 Å². The Kier molecular flexibility index (Phi) is 7.99. The second-order valence-corrected chi connectivity index (χ2v) is 9.54. The molecule has 1 aliphatic heterocycles. The zero-order valence-electron chi connectivity index (χ0n) is 19.8. The Balaban J connectivity index is 1.55. The van der Waals surface area contributed by atoms with E-state index in [-0.39, 0.29) is 17.7 Å². The van der Waals surface area contributed by atoms with E-state index in [1.165, 1.54) is 23.5 Å². The quantitative estimate of drug-likeness (QED) is 0.437. The van der Waals surface area contributed by atoms with Gasteiger partial charge in [0.15, 0.2) is 0 Å². The highest BCUT2D eigenvalue weighted by molar-refractivity contribution is 7.12. The number of amides is 3. The van der Waals surface area contributed by atoms with Gasteiger partial charge in [0.25, 0.3) is 5.91 Å². The number of para-hydroxylation sites is 1. The van der Waals surface area contributed by atoms with Gasteiger partial charge in [0.05, 0.1) is 16.7 Å². The lowest BCUT2D eigenvalue weighted by atomic mass is 10.1. The van der Waals surface area contributed by atoms with Crippen molar-refractivity contribution in [3.8, 4) is 0 Å². The number of rotatable bonds is 8. The van der Waals surface area contributed by atoms with Crippen molar-refractivity contribution in [1.29, 1.82) is 0 Å². The molecule has 0 aliphatic carbocycles. The van der Waals surface area contributed by atoms with Crippen molar-refractivity contribution in [2.24, 2.45) is 0 Å². The van der Waals surface area contributed by atoms with Gasteiger partial charge in [-0.15, -0.1) is 11.3 Å². The van der Waals surface area contributed by atoms with E-state index in [9.17, 15) is 14.0 Å². The molecule has 4 rings (SSSR count). The monoisotopic (exact) mass is 496 g/mol. The molecule has 1 unspecified atom stereocenters. The highest BCUT2D eigenvalue weighted by Gasteiger charge is 2.25. The van der Waals surface area contributed by atoms with Gasteiger partial charge in [-0.25, -0.2) is 9.18 Å². The SMILES string of the molecule is CN(C)c1ccc(NC(=O)Nc2ccccc2F)cc1CN(CC1CCCO1)C(=O)c1cccs1. The van der Waals surface area contributed by atoms with Gasteiger partial charge in [0, 0.05) is 45.2 Å². The first kappa shape index (κ1) is 24.7. The molecular weight excluding hydrogens is 467 g/mol. The molecule has 0 radical (unpaired) electrons. The van der Waals surface area contributed by atoms with Crippen LogP contribution in [0.15, 0.2) is 60.0 Å². The molecule has 0 bridgehead atoms. The molecule has 35 heavy (non-hydrogen) atoms. The average molecular weight is 497 g/mol. The molecule has 9 heteroatoms. The van der Waals surface area contributed by atoms with E-state index in [1.807, 2.05) is 53.5 Å². The minimum absolute atomic E-state index is 0.00886. The second-order valence-electron chi connectivity index (χ2n) is 8.59. The zero-order valence-corrected chi connectivity index (χ0v) is 20.6. The fraction of sp³-hybridized carbons (Fsp3) is 0.308. The molecule has 7 nitrogen and oxygen atoms in total. The number of hydrogen-bond donors (Lipinski definition) is 2. The van der Waals surface area contributed by atoms with Crippen molar-refractivity contribution in [2.75, 3.05) is 42.8 Å². The number of nitrogens with zero attached hydrogens (tertiary/aromatic N) is 2. The minimum atomic E-state index is -0.551. The largest absolute Gasteiger partial charge is 0.377 e. The van der Waals surface area contributed by atoms with Crippen LogP contribution in [-0.4, -0.2) is 50.2 Å². The van der Waals surface area contributed by atoms with Crippen LogP contribution < -0.4 is 15.5 Å². The van der Waals surface area contributed by atoms with E-state index in [2.05, 4.69) is 10.6 Å². The summed E-state index contributed by atoms with van der Waals surface area (Å²) in [6, 6.07) is 14.7. The number of nitrogens with one attached hydrogen (secondary N) is 2. The van der Waals surface area contributed by atoms with Crippen molar-refractivity contribution >= 4 is 40.3 Å². The number of carbonyl (C=O) groups is 2. The third kappa shape index (κ3) is 6.37. The number of urea groups is 1. The molecule has 1 saturated heterocycles. The molecule has 1 aliphatic rings. The maximum atomic E-state index is 13.9. The summed E-state index contributed by atoms with van der Waals surface area (Å²) in [5.74, 6) is -0.556. The van der Waals surface area contributed by atoms with Gasteiger partial charge in [-0.1, -0.05) is 18.2 Å². The lowest BCUT2D eigenvalue weighted by Gasteiger charge is -2.28. The Hall–Kier alpha value is -3.43. The first-order valence-corrected chi connectivity index (χ1v) is 12.4. The first-order valence-electron chi connectivity index (χ1n) is 11.5. The molecule has 0 saturated carbocycles. The Morgan fingerprint density at radius 3 is 2.63 bits per heavy atom. The fourth-order valence-corrected chi connectivity index (χ4v) is 4.78. The standard InChI is InChI=1S/C26H29FN4O3S/c1-30(2)23-12-11-19(28-26(33)29-22-9-4-3-8-21(22)27)15-18(23)16-31(17-20-7-5-13-34-20)25(32)24-10-6-14-35-24/h3-4,6,8-12,14-15,20H,5,7,13,16-17H2,1-2H3,(H2,28,29,33). The summed E-state index contributed by atoms with van der Waals surface area (Å²) in [6.45, 7) is 1.56. The second kappa shape index (κ2) is 11.3. The summed E-state index contributed by atoms with van der Waals surface area (Å²) in [5, 5.41) is 7.18. The molecule has 2 N–H and O–H groups in total. The summed E-state index contributed by atoms with van der Waals surface area (Å²) in [7, 11) is 3.87. The number of thiophene rings is 1. The van der Waals surface area contributed by atoms with Crippen LogP contribution in [0.5, 0.6) is 0 Å². The van der Waals surface area contributed by atoms with E-state index in [0.717, 1.165) is 24.1 Å². The molecule has 2 heterocycles. The van der Waals surface area contributed by atoms with E-state index in [0.29, 0.717) is 30.3 Å². The molecule has 0 spiro atoms. The van der Waals surface area contributed by atoms with Crippen LogP contribution >= 0.6 is 11.3 Å². The predicted molar refractivity (Wildman–Crippen MR) is 138 cm³/mol. The molecule has 1 atom stereocenters. The Bertz CT molecular complexity index is 1160. The van der Waals surface area contributed by atoms with Crippen molar-refractivity contribution < 1.29 is 18.7 Å². The van der Waals surface area contributed by atoms with Crippen molar-refractivity contribution in [1.82, 2.24) is 4.90 Å². The van der Waals surface area contributed by atoms with Gasteiger partial charge in [-0.3, -0.25) is 4.79 Å². The molecular formula is C26H29FN4O3S. The number of carbonyl (C=O) groups excluding carboxylic acids is 2. The maximum Gasteiger partial charge on any atom is 0.323 e. The normalized spacial score (nSPS) is 15.0.